The fourth-order valence-electron chi connectivity index (χ4n) is 2.02. The summed E-state index contributed by atoms with van der Waals surface area (Å²) in [7, 11) is 0. The number of anilines is 1. The van der Waals surface area contributed by atoms with Crippen LogP contribution in [0.1, 0.15) is 52.8 Å². The summed E-state index contributed by atoms with van der Waals surface area (Å²) in [5.41, 5.74) is 2.24. The van der Waals surface area contributed by atoms with Crippen LogP contribution in [0.5, 0.6) is 0 Å². The lowest BCUT2D eigenvalue weighted by Crippen LogP contribution is -2.35. The third-order valence-electron chi connectivity index (χ3n) is 3.21. The van der Waals surface area contributed by atoms with Crippen molar-refractivity contribution >= 4 is 5.95 Å². The van der Waals surface area contributed by atoms with Crippen molar-refractivity contribution in [1.29, 1.82) is 0 Å². The van der Waals surface area contributed by atoms with E-state index in [0.717, 1.165) is 24.7 Å². The van der Waals surface area contributed by atoms with Gasteiger partial charge in [0, 0.05) is 42.6 Å². The van der Waals surface area contributed by atoms with Crippen LogP contribution in [-0.4, -0.2) is 28.6 Å². The van der Waals surface area contributed by atoms with Gasteiger partial charge in [0.05, 0.1) is 0 Å². The molecule has 0 aliphatic rings. The molecule has 20 heavy (non-hydrogen) atoms. The maximum absolute atomic E-state index is 4.70. The Morgan fingerprint density at radius 3 is 2.25 bits per heavy atom. The van der Waals surface area contributed by atoms with Crippen LogP contribution < -0.4 is 10.2 Å². The van der Waals surface area contributed by atoms with Gasteiger partial charge in [-0.3, -0.25) is 0 Å². The lowest BCUT2D eigenvalue weighted by molar-refractivity contribution is 0.557. The molecule has 1 N–H and O–H groups in total. The monoisotopic (exact) mass is 278 g/mol. The molecule has 4 heteroatoms. The standard InChI is InChI=1S/C16H30N4/c1-11(2)10-20(13(5)6)16-18-9-15(14(7)19-16)8-17-12(3)4/h9,11-13,17H,8,10H2,1-7H3. The zero-order valence-corrected chi connectivity index (χ0v) is 14.1. The highest BCUT2D eigenvalue weighted by Gasteiger charge is 2.16. The van der Waals surface area contributed by atoms with Gasteiger partial charge < -0.3 is 10.2 Å². The van der Waals surface area contributed by atoms with Crippen LogP contribution in [0, 0.1) is 12.8 Å². The average molecular weight is 278 g/mol. The minimum absolute atomic E-state index is 0.413. The molecule has 0 bridgehead atoms. The second kappa shape index (κ2) is 7.58. The van der Waals surface area contributed by atoms with Gasteiger partial charge in [-0.15, -0.1) is 0 Å². The smallest absolute Gasteiger partial charge is 0.225 e. The Kier molecular flexibility index (Phi) is 6.40. The number of aromatic nitrogens is 2. The van der Waals surface area contributed by atoms with Crippen molar-refractivity contribution in [3.8, 4) is 0 Å². The van der Waals surface area contributed by atoms with Gasteiger partial charge in [0.25, 0.3) is 0 Å². The van der Waals surface area contributed by atoms with E-state index >= 15 is 0 Å². The van der Waals surface area contributed by atoms with Crippen molar-refractivity contribution in [1.82, 2.24) is 15.3 Å². The van der Waals surface area contributed by atoms with E-state index in [9.17, 15) is 0 Å². The Bertz CT molecular complexity index is 413. The van der Waals surface area contributed by atoms with Crippen molar-refractivity contribution in [2.45, 2.75) is 67.1 Å². The minimum Gasteiger partial charge on any atom is -0.338 e. The van der Waals surface area contributed by atoms with Crippen LogP contribution in [0.3, 0.4) is 0 Å². The van der Waals surface area contributed by atoms with E-state index in [4.69, 9.17) is 4.98 Å². The molecule has 1 aromatic heterocycles. The first-order chi connectivity index (χ1) is 9.31. The average Bonchev–Trinajstić information content (AvgIpc) is 2.33. The predicted molar refractivity (Wildman–Crippen MR) is 86.1 cm³/mol. The minimum atomic E-state index is 0.413. The van der Waals surface area contributed by atoms with E-state index in [1.165, 1.54) is 5.56 Å². The summed E-state index contributed by atoms with van der Waals surface area (Å²) >= 11 is 0. The van der Waals surface area contributed by atoms with Gasteiger partial charge in [-0.2, -0.15) is 0 Å². The van der Waals surface area contributed by atoms with E-state index < -0.39 is 0 Å². The Hall–Kier alpha value is -1.16. The first-order valence-corrected chi connectivity index (χ1v) is 7.63. The number of aryl methyl sites for hydroxylation is 1. The van der Waals surface area contributed by atoms with Gasteiger partial charge in [0.1, 0.15) is 0 Å². The maximum atomic E-state index is 4.70. The van der Waals surface area contributed by atoms with Crippen molar-refractivity contribution in [3.63, 3.8) is 0 Å². The Morgan fingerprint density at radius 2 is 1.80 bits per heavy atom. The van der Waals surface area contributed by atoms with Crippen molar-refractivity contribution < 1.29 is 0 Å². The highest BCUT2D eigenvalue weighted by Crippen LogP contribution is 2.16. The number of hydrogen-bond acceptors (Lipinski definition) is 4. The Labute approximate surface area is 124 Å². The predicted octanol–water partition coefficient (Wildman–Crippen LogP) is 3.15. The molecule has 0 aromatic carbocycles. The summed E-state index contributed by atoms with van der Waals surface area (Å²) in [6.07, 6.45) is 1.96. The molecule has 1 rings (SSSR count). The number of nitrogens with one attached hydrogen (secondary N) is 1. The quantitative estimate of drug-likeness (QED) is 0.832. The lowest BCUT2D eigenvalue weighted by Gasteiger charge is -2.28. The van der Waals surface area contributed by atoms with E-state index in [1.54, 1.807) is 0 Å². The van der Waals surface area contributed by atoms with Gasteiger partial charge in [0.2, 0.25) is 5.95 Å². The fourth-order valence-corrected chi connectivity index (χ4v) is 2.02. The summed E-state index contributed by atoms with van der Waals surface area (Å²) in [4.78, 5) is 11.5. The highest BCUT2D eigenvalue weighted by molar-refractivity contribution is 5.34. The van der Waals surface area contributed by atoms with Crippen LogP contribution in [0.4, 0.5) is 5.95 Å². The normalized spacial score (nSPS) is 11.7. The second-order valence-electron chi connectivity index (χ2n) is 6.46. The molecule has 0 fully saturated rings. The zero-order valence-electron chi connectivity index (χ0n) is 14.1. The molecule has 0 saturated carbocycles. The van der Waals surface area contributed by atoms with Gasteiger partial charge >= 0.3 is 0 Å². The molecule has 0 saturated heterocycles. The van der Waals surface area contributed by atoms with E-state index in [1.807, 2.05) is 6.20 Å². The van der Waals surface area contributed by atoms with Gasteiger partial charge in [-0.25, -0.2) is 9.97 Å². The molecule has 0 aliphatic carbocycles. The number of rotatable bonds is 7. The summed E-state index contributed by atoms with van der Waals surface area (Å²) in [5.74, 6) is 1.45. The van der Waals surface area contributed by atoms with Crippen LogP contribution >= 0.6 is 0 Å². The molecule has 114 valence electrons. The van der Waals surface area contributed by atoms with Crippen molar-refractivity contribution in [2.24, 2.45) is 5.92 Å². The van der Waals surface area contributed by atoms with E-state index in [0.29, 0.717) is 18.0 Å². The molecular weight excluding hydrogens is 248 g/mol. The first kappa shape index (κ1) is 16.9. The largest absolute Gasteiger partial charge is 0.338 e. The summed E-state index contributed by atoms with van der Waals surface area (Å²) in [6.45, 7) is 17.0. The van der Waals surface area contributed by atoms with Gasteiger partial charge in [-0.05, 0) is 26.7 Å². The Morgan fingerprint density at radius 1 is 1.15 bits per heavy atom. The summed E-state index contributed by atoms with van der Waals surface area (Å²) in [6, 6.07) is 0.888. The van der Waals surface area contributed by atoms with Crippen LogP contribution in [0.15, 0.2) is 6.20 Å². The first-order valence-electron chi connectivity index (χ1n) is 7.63. The zero-order chi connectivity index (χ0) is 15.3. The van der Waals surface area contributed by atoms with Crippen molar-refractivity contribution in [2.75, 3.05) is 11.4 Å². The molecule has 0 amide bonds. The third kappa shape index (κ3) is 5.08. The van der Waals surface area contributed by atoms with E-state index in [2.05, 4.69) is 63.7 Å². The summed E-state index contributed by atoms with van der Waals surface area (Å²) < 4.78 is 0. The molecule has 4 nitrogen and oxygen atoms in total. The van der Waals surface area contributed by atoms with Crippen LogP contribution in [0.25, 0.3) is 0 Å². The van der Waals surface area contributed by atoms with Crippen LogP contribution in [-0.2, 0) is 6.54 Å². The van der Waals surface area contributed by atoms with Crippen molar-refractivity contribution in [3.05, 3.63) is 17.5 Å². The molecule has 1 aromatic rings. The maximum Gasteiger partial charge on any atom is 0.225 e. The second-order valence-corrected chi connectivity index (χ2v) is 6.46. The lowest BCUT2D eigenvalue weighted by atomic mass is 10.2. The fraction of sp³-hybridized carbons (Fsp3) is 0.750. The molecule has 0 unspecified atom stereocenters. The molecule has 0 radical (unpaired) electrons. The van der Waals surface area contributed by atoms with Crippen LogP contribution in [0.2, 0.25) is 0 Å². The van der Waals surface area contributed by atoms with E-state index in [-0.39, 0.29) is 0 Å². The topological polar surface area (TPSA) is 41.1 Å². The molecule has 1 heterocycles. The highest BCUT2D eigenvalue weighted by atomic mass is 15.3. The molecular formula is C16H30N4. The number of hydrogen-bond donors (Lipinski definition) is 1. The number of nitrogens with zero attached hydrogens (tertiary/aromatic N) is 3. The molecule has 0 atom stereocenters. The third-order valence-corrected chi connectivity index (χ3v) is 3.21. The van der Waals surface area contributed by atoms with Gasteiger partial charge in [-0.1, -0.05) is 27.7 Å². The summed E-state index contributed by atoms with van der Waals surface area (Å²) in [5, 5.41) is 3.41. The Balaban J connectivity index is 2.88. The molecule has 0 aliphatic heterocycles. The SMILES string of the molecule is Cc1nc(N(CC(C)C)C(C)C)ncc1CNC(C)C. The van der Waals surface area contributed by atoms with Gasteiger partial charge in [0.15, 0.2) is 0 Å². The molecule has 0 spiro atoms.